The summed E-state index contributed by atoms with van der Waals surface area (Å²) in [6.07, 6.45) is 0. The number of para-hydroxylation sites is 3. The second-order valence-corrected chi connectivity index (χ2v) is 9.71. The summed E-state index contributed by atoms with van der Waals surface area (Å²) in [6, 6.07) is 49.6. The van der Waals surface area contributed by atoms with Gasteiger partial charge < -0.3 is 10.6 Å². The van der Waals surface area contributed by atoms with E-state index < -0.39 is 0 Å². The van der Waals surface area contributed by atoms with Gasteiger partial charge >= 0.3 is 0 Å². The van der Waals surface area contributed by atoms with Gasteiger partial charge in [0, 0.05) is 39.0 Å². The zero-order valence-corrected chi connectivity index (χ0v) is 21.8. The van der Waals surface area contributed by atoms with Gasteiger partial charge in [0.15, 0.2) is 0 Å². The molecule has 190 valence electrons. The number of benzene rings is 6. The molecule has 0 saturated carbocycles. The second-order valence-electron chi connectivity index (χ2n) is 9.71. The quantitative estimate of drug-likeness (QED) is 0.233. The first-order valence-corrected chi connectivity index (χ1v) is 13.3. The van der Waals surface area contributed by atoms with E-state index in [2.05, 4.69) is 89.8 Å². The molecule has 0 amide bonds. The number of anilines is 4. The van der Waals surface area contributed by atoms with Crippen molar-refractivity contribution < 1.29 is 0 Å². The van der Waals surface area contributed by atoms with Gasteiger partial charge in [-0.15, -0.1) is 0 Å². The fraction of sp³-hybridized carbons (Fsp3) is 0. The van der Waals surface area contributed by atoms with E-state index >= 15 is 0 Å². The summed E-state index contributed by atoms with van der Waals surface area (Å²) in [5.41, 5.74) is 15.8. The molecule has 0 aliphatic rings. The molecule has 0 unspecified atom stereocenters. The fourth-order valence-corrected chi connectivity index (χ4v) is 5.28. The molecule has 1 aromatic heterocycles. The molecule has 0 fully saturated rings. The first-order chi connectivity index (χ1) is 19.8. The van der Waals surface area contributed by atoms with Crippen molar-refractivity contribution in [1.29, 1.82) is 0 Å². The minimum atomic E-state index is 0.769. The van der Waals surface area contributed by atoms with E-state index in [4.69, 9.17) is 15.7 Å². The molecule has 0 atom stereocenters. The molecule has 4 nitrogen and oxygen atoms in total. The first kappa shape index (κ1) is 23.6. The standard InChI is InChI=1S/C36H26N4/c37-31-17-9-16-30-29(31)15-10-20-34(30)40(27-13-5-2-6-14-27)28-23-21-26(22-24-28)36-35(25-11-3-1-4-12-25)38-32-18-7-8-19-33(32)39-36/h1-24H,37H2. The van der Waals surface area contributed by atoms with Gasteiger partial charge in [0.2, 0.25) is 0 Å². The Hall–Kier alpha value is -5.48. The van der Waals surface area contributed by atoms with Gasteiger partial charge in [0.25, 0.3) is 0 Å². The molecule has 0 aliphatic heterocycles. The van der Waals surface area contributed by atoms with Crippen LogP contribution in [0.15, 0.2) is 146 Å². The van der Waals surface area contributed by atoms with Crippen LogP contribution in [0.3, 0.4) is 0 Å². The number of hydrogen-bond donors (Lipinski definition) is 1. The Bertz CT molecular complexity index is 1950. The summed E-state index contributed by atoms with van der Waals surface area (Å²) in [5, 5.41) is 2.14. The number of hydrogen-bond acceptors (Lipinski definition) is 4. The van der Waals surface area contributed by atoms with Crippen molar-refractivity contribution in [2.24, 2.45) is 0 Å². The molecule has 4 heteroatoms. The fourth-order valence-electron chi connectivity index (χ4n) is 5.28. The van der Waals surface area contributed by atoms with E-state index in [1.165, 1.54) is 0 Å². The number of nitrogen functional groups attached to an aromatic ring is 1. The lowest BCUT2D eigenvalue weighted by atomic mass is 10.0. The van der Waals surface area contributed by atoms with Crippen LogP contribution in [0.4, 0.5) is 22.7 Å². The summed E-state index contributed by atoms with van der Waals surface area (Å²) in [4.78, 5) is 12.4. The molecule has 0 aliphatic carbocycles. The minimum Gasteiger partial charge on any atom is -0.398 e. The third-order valence-electron chi connectivity index (χ3n) is 7.20. The molecule has 0 spiro atoms. The summed E-state index contributed by atoms with van der Waals surface area (Å²) in [6.45, 7) is 0. The van der Waals surface area contributed by atoms with Crippen molar-refractivity contribution in [3.8, 4) is 22.5 Å². The van der Waals surface area contributed by atoms with Gasteiger partial charge in [-0.3, -0.25) is 0 Å². The second kappa shape index (κ2) is 10.0. The predicted molar refractivity (Wildman–Crippen MR) is 167 cm³/mol. The highest BCUT2D eigenvalue weighted by Gasteiger charge is 2.17. The van der Waals surface area contributed by atoms with Crippen LogP contribution in [0.5, 0.6) is 0 Å². The highest BCUT2D eigenvalue weighted by Crippen LogP contribution is 2.41. The first-order valence-electron chi connectivity index (χ1n) is 13.3. The molecule has 0 bridgehead atoms. The van der Waals surface area contributed by atoms with E-state index in [-0.39, 0.29) is 0 Å². The Morgan fingerprint density at radius 2 is 0.950 bits per heavy atom. The minimum absolute atomic E-state index is 0.769. The predicted octanol–water partition coefficient (Wildman–Crippen LogP) is 9.17. The maximum absolute atomic E-state index is 6.36. The van der Waals surface area contributed by atoms with Gasteiger partial charge in [-0.1, -0.05) is 97.1 Å². The number of fused-ring (bicyclic) bond motifs is 2. The lowest BCUT2D eigenvalue weighted by molar-refractivity contribution is 1.28. The van der Waals surface area contributed by atoms with Crippen molar-refractivity contribution in [2.45, 2.75) is 0 Å². The number of nitrogens with zero attached hydrogens (tertiary/aromatic N) is 3. The number of nitrogens with two attached hydrogens (primary N) is 1. The van der Waals surface area contributed by atoms with Crippen LogP contribution >= 0.6 is 0 Å². The van der Waals surface area contributed by atoms with Crippen LogP contribution in [0.25, 0.3) is 44.3 Å². The maximum Gasteiger partial charge on any atom is 0.0973 e. The van der Waals surface area contributed by atoms with Crippen molar-refractivity contribution in [3.63, 3.8) is 0 Å². The molecule has 40 heavy (non-hydrogen) atoms. The summed E-state index contributed by atoms with van der Waals surface area (Å²) in [7, 11) is 0. The molecule has 1 heterocycles. The van der Waals surface area contributed by atoms with E-state index in [0.717, 1.165) is 67.1 Å². The number of aromatic nitrogens is 2. The monoisotopic (exact) mass is 514 g/mol. The largest absolute Gasteiger partial charge is 0.398 e. The molecule has 0 radical (unpaired) electrons. The molecule has 0 saturated heterocycles. The Morgan fingerprint density at radius 1 is 0.425 bits per heavy atom. The van der Waals surface area contributed by atoms with Gasteiger partial charge in [0.1, 0.15) is 0 Å². The van der Waals surface area contributed by atoms with Gasteiger partial charge in [-0.2, -0.15) is 0 Å². The van der Waals surface area contributed by atoms with Crippen LogP contribution < -0.4 is 10.6 Å². The van der Waals surface area contributed by atoms with Crippen LogP contribution in [0.1, 0.15) is 0 Å². The van der Waals surface area contributed by atoms with Crippen LogP contribution in [0, 0.1) is 0 Å². The molecule has 2 N–H and O–H groups in total. The van der Waals surface area contributed by atoms with E-state index in [1.807, 2.05) is 60.7 Å². The van der Waals surface area contributed by atoms with Crippen molar-refractivity contribution in [1.82, 2.24) is 9.97 Å². The molecular weight excluding hydrogens is 488 g/mol. The number of rotatable bonds is 5. The van der Waals surface area contributed by atoms with Crippen molar-refractivity contribution >= 4 is 44.6 Å². The maximum atomic E-state index is 6.36. The molecule has 6 aromatic carbocycles. The van der Waals surface area contributed by atoms with E-state index in [1.54, 1.807) is 0 Å². The highest BCUT2D eigenvalue weighted by atomic mass is 15.1. The van der Waals surface area contributed by atoms with Crippen LogP contribution in [0.2, 0.25) is 0 Å². The Morgan fingerprint density at radius 3 is 1.62 bits per heavy atom. The lowest BCUT2D eigenvalue weighted by Gasteiger charge is -2.27. The summed E-state index contributed by atoms with van der Waals surface area (Å²) >= 11 is 0. The Kier molecular flexibility index (Phi) is 5.91. The average molecular weight is 515 g/mol. The highest BCUT2D eigenvalue weighted by molar-refractivity contribution is 6.04. The lowest BCUT2D eigenvalue weighted by Crippen LogP contribution is -2.10. The Balaban J connectivity index is 1.39. The Labute approximate surface area is 233 Å². The normalized spacial score (nSPS) is 11.1. The van der Waals surface area contributed by atoms with E-state index in [9.17, 15) is 0 Å². The average Bonchev–Trinajstić information content (AvgIpc) is 3.02. The molecule has 7 rings (SSSR count). The topological polar surface area (TPSA) is 55.0 Å². The van der Waals surface area contributed by atoms with Crippen molar-refractivity contribution in [3.05, 3.63) is 146 Å². The third kappa shape index (κ3) is 4.22. The van der Waals surface area contributed by atoms with Gasteiger partial charge in [0.05, 0.1) is 28.1 Å². The van der Waals surface area contributed by atoms with Crippen LogP contribution in [-0.2, 0) is 0 Å². The van der Waals surface area contributed by atoms with Crippen molar-refractivity contribution in [2.75, 3.05) is 10.6 Å². The zero-order chi connectivity index (χ0) is 26.9. The molecule has 7 aromatic rings. The SMILES string of the molecule is Nc1cccc2c(N(c3ccccc3)c3ccc(-c4nc5ccccc5nc4-c4ccccc4)cc3)cccc12. The summed E-state index contributed by atoms with van der Waals surface area (Å²) < 4.78 is 0. The molecular formula is C36H26N4. The van der Waals surface area contributed by atoms with E-state index in [0.29, 0.717) is 0 Å². The zero-order valence-electron chi connectivity index (χ0n) is 21.8. The van der Waals surface area contributed by atoms with Crippen LogP contribution in [-0.4, -0.2) is 9.97 Å². The summed E-state index contributed by atoms with van der Waals surface area (Å²) in [5.74, 6) is 0. The smallest absolute Gasteiger partial charge is 0.0973 e. The van der Waals surface area contributed by atoms with Gasteiger partial charge in [-0.05, 0) is 48.5 Å². The van der Waals surface area contributed by atoms with Gasteiger partial charge in [-0.25, -0.2) is 9.97 Å². The third-order valence-corrected chi connectivity index (χ3v) is 7.20.